The average molecular weight is 408 g/mol. The van der Waals surface area contributed by atoms with Gasteiger partial charge in [-0.15, -0.1) is 0 Å². The highest BCUT2D eigenvalue weighted by Gasteiger charge is 2.15. The van der Waals surface area contributed by atoms with Crippen LogP contribution < -0.4 is 25.0 Å². The number of nitrogens with zero attached hydrogens (tertiary/aromatic N) is 1. The number of thiocarbonyl (C=S) groups is 1. The van der Waals surface area contributed by atoms with Crippen LogP contribution in [0.2, 0.25) is 0 Å². The zero-order chi connectivity index (χ0) is 16.9. The molecule has 2 N–H and O–H groups in total. The Morgan fingerprint density at radius 3 is 2.67 bits per heavy atom. The maximum absolute atomic E-state index is 5.35. The van der Waals surface area contributed by atoms with Gasteiger partial charge in [0, 0.05) is 15.7 Å². The first-order chi connectivity index (χ1) is 11.7. The van der Waals surface area contributed by atoms with Gasteiger partial charge in [0.1, 0.15) is 5.75 Å². The third-order valence-electron chi connectivity index (χ3n) is 3.21. The number of halogens is 1. The SMILES string of the molecule is COc1ccc(NC(=S)N/N=C\c2cc3c(cc2Br)OCO3)cc1. The van der Waals surface area contributed by atoms with E-state index in [1.807, 2.05) is 36.4 Å². The predicted molar refractivity (Wildman–Crippen MR) is 100 cm³/mol. The van der Waals surface area contributed by atoms with E-state index in [-0.39, 0.29) is 6.79 Å². The summed E-state index contributed by atoms with van der Waals surface area (Å²) in [6, 6.07) is 11.1. The highest BCUT2D eigenvalue weighted by molar-refractivity contribution is 9.10. The van der Waals surface area contributed by atoms with Crippen molar-refractivity contribution in [2.75, 3.05) is 19.2 Å². The topological polar surface area (TPSA) is 64.1 Å². The van der Waals surface area contributed by atoms with Gasteiger partial charge in [-0.3, -0.25) is 5.43 Å². The second-order valence-electron chi connectivity index (χ2n) is 4.78. The highest BCUT2D eigenvalue weighted by atomic mass is 79.9. The third-order valence-corrected chi connectivity index (χ3v) is 4.09. The highest BCUT2D eigenvalue weighted by Crippen LogP contribution is 2.36. The number of fused-ring (bicyclic) bond motifs is 1. The van der Waals surface area contributed by atoms with Crippen LogP contribution in [0.5, 0.6) is 17.2 Å². The van der Waals surface area contributed by atoms with E-state index in [0.29, 0.717) is 16.6 Å². The fraction of sp³-hybridized carbons (Fsp3) is 0.125. The molecule has 0 fully saturated rings. The maximum Gasteiger partial charge on any atom is 0.231 e. The van der Waals surface area contributed by atoms with Gasteiger partial charge < -0.3 is 19.5 Å². The average Bonchev–Trinajstić information content (AvgIpc) is 3.02. The molecular formula is C16H14BrN3O3S. The number of rotatable bonds is 4. The Balaban J connectivity index is 1.58. The Hall–Kier alpha value is -2.32. The van der Waals surface area contributed by atoms with E-state index < -0.39 is 0 Å². The lowest BCUT2D eigenvalue weighted by molar-refractivity contribution is 0.174. The number of hydrazone groups is 1. The van der Waals surface area contributed by atoms with Gasteiger partial charge in [-0.25, -0.2) is 0 Å². The summed E-state index contributed by atoms with van der Waals surface area (Å²) in [7, 11) is 1.62. The van der Waals surface area contributed by atoms with E-state index >= 15 is 0 Å². The molecule has 0 aliphatic carbocycles. The molecule has 2 aromatic rings. The molecule has 1 aliphatic rings. The lowest BCUT2D eigenvalue weighted by atomic mass is 10.2. The van der Waals surface area contributed by atoms with Crippen LogP contribution in [0, 0.1) is 0 Å². The van der Waals surface area contributed by atoms with Crippen LogP contribution in [0.4, 0.5) is 5.69 Å². The van der Waals surface area contributed by atoms with Gasteiger partial charge in [-0.2, -0.15) is 5.10 Å². The molecule has 0 spiro atoms. The number of ether oxygens (including phenoxy) is 3. The minimum atomic E-state index is 0.233. The van der Waals surface area contributed by atoms with E-state index in [2.05, 4.69) is 31.8 Å². The van der Waals surface area contributed by atoms with Crippen LogP contribution in [0.15, 0.2) is 46.0 Å². The van der Waals surface area contributed by atoms with E-state index in [4.69, 9.17) is 26.4 Å². The molecule has 0 atom stereocenters. The Kier molecular flexibility index (Phi) is 5.17. The summed E-state index contributed by atoms with van der Waals surface area (Å²) in [6.07, 6.45) is 1.65. The van der Waals surface area contributed by atoms with Crippen molar-refractivity contribution < 1.29 is 14.2 Å². The number of hydrogen-bond acceptors (Lipinski definition) is 5. The standard InChI is InChI=1S/C16H14BrN3O3S/c1-21-12-4-2-11(3-5-12)19-16(24)20-18-8-10-6-14-15(7-13(10)17)23-9-22-14/h2-8H,9H2,1H3,(H2,19,20,24)/b18-8-. The second kappa shape index (κ2) is 7.50. The summed E-state index contributed by atoms with van der Waals surface area (Å²) in [6.45, 7) is 0.233. The van der Waals surface area contributed by atoms with Crippen molar-refractivity contribution in [1.29, 1.82) is 0 Å². The largest absolute Gasteiger partial charge is 0.497 e. The summed E-state index contributed by atoms with van der Waals surface area (Å²) < 4.78 is 16.6. The number of methoxy groups -OCH3 is 1. The Morgan fingerprint density at radius 2 is 1.96 bits per heavy atom. The number of hydrogen-bond donors (Lipinski definition) is 2. The molecule has 0 bridgehead atoms. The molecule has 1 heterocycles. The molecule has 0 radical (unpaired) electrons. The van der Waals surface area contributed by atoms with Gasteiger partial charge in [-0.05, 0) is 64.5 Å². The first kappa shape index (κ1) is 16.5. The normalized spacial score (nSPS) is 12.2. The quantitative estimate of drug-likeness (QED) is 0.459. The number of anilines is 1. The molecular weight excluding hydrogens is 394 g/mol. The molecule has 0 saturated heterocycles. The number of nitrogens with one attached hydrogen (secondary N) is 2. The van der Waals surface area contributed by atoms with Crippen LogP contribution >= 0.6 is 28.1 Å². The zero-order valence-electron chi connectivity index (χ0n) is 12.7. The fourth-order valence-electron chi connectivity index (χ4n) is 2.03. The van der Waals surface area contributed by atoms with Crippen molar-refractivity contribution >= 4 is 45.2 Å². The van der Waals surface area contributed by atoms with Gasteiger partial charge in [0.25, 0.3) is 0 Å². The lowest BCUT2D eigenvalue weighted by Gasteiger charge is -2.08. The van der Waals surface area contributed by atoms with Crippen molar-refractivity contribution in [3.63, 3.8) is 0 Å². The molecule has 3 rings (SSSR count). The van der Waals surface area contributed by atoms with Crippen molar-refractivity contribution in [2.45, 2.75) is 0 Å². The molecule has 6 nitrogen and oxygen atoms in total. The van der Waals surface area contributed by atoms with Crippen LogP contribution in [-0.2, 0) is 0 Å². The van der Waals surface area contributed by atoms with E-state index in [0.717, 1.165) is 21.5 Å². The molecule has 0 unspecified atom stereocenters. The second-order valence-corrected chi connectivity index (χ2v) is 6.04. The first-order valence-electron chi connectivity index (χ1n) is 6.99. The van der Waals surface area contributed by atoms with Gasteiger partial charge in [0.15, 0.2) is 16.6 Å². The maximum atomic E-state index is 5.35. The molecule has 0 amide bonds. The molecule has 124 valence electrons. The molecule has 24 heavy (non-hydrogen) atoms. The van der Waals surface area contributed by atoms with E-state index in [9.17, 15) is 0 Å². The van der Waals surface area contributed by atoms with Crippen LogP contribution in [-0.4, -0.2) is 25.2 Å². The van der Waals surface area contributed by atoms with E-state index in [1.165, 1.54) is 0 Å². The lowest BCUT2D eigenvalue weighted by Crippen LogP contribution is -2.23. The fourth-order valence-corrected chi connectivity index (χ4v) is 2.62. The summed E-state index contributed by atoms with van der Waals surface area (Å²) in [4.78, 5) is 0. The summed E-state index contributed by atoms with van der Waals surface area (Å²) in [5.74, 6) is 2.19. The zero-order valence-corrected chi connectivity index (χ0v) is 15.1. The Morgan fingerprint density at radius 1 is 1.25 bits per heavy atom. The minimum Gasteiger partial charge on any atom is -0.497 e. The predicted octanol–water partition coefficient (Wildman–Crippen LogP) is 3.51. The van der Waals surface area contributed by atoms with Crippen LogP contribution in [0.25, 0.3) is 0 Å². The van der Waals surface area contributed by atoms with E-state index in [1.54, 1.807) is 13.3 Å². The Bertz CT molecular complexity index is 781. The van der Waals surface area contributed by atoms with Crippen molar-refractivity contribution in [2.24, 2.45) is 5.10 Å². The molecule has 2 aromatic carbocycles. The molecule has 1 aliphatic heterocycles. The van der Waals surface area contributed by atoms with Gasteiger partial charge in [0.05, 0.1) is 13.3 Å². The Labute approximate surface area is 152 Å². The smallest absolute Gasteiger partial charge is 0.231 e. The number of benzene rings is 2. The van der Waals surface area contributed by atoms with Crippen LogP contribution in [0.3, 0.4) is 0 Å². The molecule has 0 aromatic heterocycles. The summed E-state index contributed by atoms with van der Waals surface area (Å²) >= 11 is 8.67. The monoisotopic (exact) mass is 407 g/mol. The van der Waals surface area contributed by atoms with Crippen LogP contribution in [0.1, 0.15) is 5.56 Å². The van der Waals surface area contributed by atoms with Crippen molar-refractivity contribution in [3.8, 4) is 17.2 Å². The first-order valence-corrected chi connectivity index (χ1v) is 8.19. The minimum absolute atomic E-state index is 0.233. The van der Waals surface area contributed by atoms with Gasteiger partial charge >= 0.3 is 0 Å². The van der Waals surface area contributed by atoms with Gasteiger partial charge in [-0.1, -0.05) is 0 Å². The van der Waals surface area contributed by atoms with Gasteiger partial charge in [0.2, 0.25) is 6.79 Å². The third kappa shape index (κ3) is 3.95. The molecule has 0 saturated carbocycles. The van der Waals surface area contributed by atoms with Crippen molar-refractivity contribution in [1.82, 2.24) is 5.43 Å². The van der Waals surface area contributed by atoms with Crippen molar-refractivity contribution in [3.05, 3.63) is 46.4 Å². The molecule has 8 heteroatoms. The summed E-state index contributed by atoms with van der Waals surface area (Å²) in [5, 5.41) is 7.54. The summed E-state index contributed by atoms with van der Waals surface area (Å²) in [5.41, 5.74) is 4.46.